The van der Waals surface area contributed by atoms with Crippen LogP contribution >= 0.6 is 24.0 Å². The Labute approximate surface area is 146 Å². The maximum Gasteiger partial charge on any atom is 0.173 e. The summed E-state index contributed by atoms with van der Waals surface area (Å²) in [7, 11) is 0. The molecular formula is C17H21NO3S2. The number of hydrogen-bond donors (Lipinski definition) is 0. The molecular weight excluding hydrogens is 330 g/mol. The Kier molecular flexibility index (Phi) is 5.43. The van der Waals surface area contributed by atoms with Crippen LogP contribution in [0, 0.1) is 5.92 Å². The molecule has 0 radical (unpaired) electrons. The van der Waals surface area contributed by atoms with E-state index in [2.05, 4.69) is 11.8 Å². The molecule has 2 heterocycles. The lowest BCUT2D eigenvalue weighted by Crippen LogP contribution is -2.35. The summed E-state index contributed by atoms with van der Waals surface area (Å²) in [5, 5.41) is 0. The Morgan fingerprint density at radius 2 is 1.96 bits per heavy atom. The molecule has 0 amide bonds. The third-order valence-corrected chi connectivity index (χ3v) is 5.76. The molecule has 0 unspecified atom stereocenters. The number of piperidine rings is 1. The number of thiocarbonyl (C=S) groups is 1. The minimum atomic E-state index is 0.0692. The lowest BCUT2D eigenvalue weighted by atomic mass is 10.00. The molecule has 1 fully saturated rings. The predicted octanol–water partition coefficient (Wildman–Crippen LogP) is 3.39. The summed E-state index contributed by atoms with van der Waals surface area (Å²) < 4.78 is 11.8. The number of carbonyl (C=O) groups is 1. The quantitative estimate of drug-likeness (QED) is 0.614. The summed E-state index contributed by atoms with van der Waals surface area (Å²) in [5.74, 6) is 2.57. The molecule has 3 rings (SSSR count). The van der Waals surface area contributed by atoms with Crippen LogP contribution in [0.25, 0.3) is 0 Å². The number of Topliss-reactive ketones (excluding diaryl/α,β-unsaturated/α-hetero) is 1. The van der Waals surface area contributed by atoms with Crippen LogP contribution in [0.2, 0.25) is 0 Å². The summed E-state index contributed by atoms with van der Waals surface area (Å²) in [6.45, 7) is 5.37. The van der Waals surface area contributed by atoms with Crippen molar-refractivity contribution in [2.75, 3.05) is 32.1 Å². The number of hydrogen-bond acceptors (Lipinski definition) is 5. The van der Waals surface area contributed by atoms with Gasteiger partial charge in [0, 0.05) is 18.7 Å². The van der Waals surface area contributed by atoms with Gasteiger partial charge in [0.05, 0.1) is 5.75 Å². The molecule has 0 spiro atoms. The van der Waals surface area contributed by atoms with Crippen LogP contribution in [-0.2, 0) is 0 Å². The van der Waals surface area contributed by atoms with E-state index in [1.807, 2.05) is 0 Å². The van der Waals surface area contributed by atoms with E-state index >= 15 is 0 Å². The third kappa shape index (κ3) is 4.18. The van der Waals surface area contributed by atoms with Crippen LogP contribution in [0.5, 0.6) is 11.5 Å². The molecule has 6 heteroatoms. The van der Waals surface area contributed by atoms with E-state index < -0.39 is 0 Å². The van der Waals surface area contributed by atoms with Crippen molar-refractivity contribution in [3.63, 3.8) is 0 Å². The number of thioether (sulfide) groups is 1. The second kappa shape index (κ2) is 7.53. The molecule has 1 aromatic carbocycles. The maximum absolute atomic E-state index is 12.4. The number of carbonyl (C=O) groups excluding carboxylic acids is 1. The highest BCUT2D eigenvalue weighted by atomic mass is 32.2. The van der Waals surface area contributed by atoms with Crippen LogP contribution in [-0.4, -0.2) is 47.1 Å². The summed E-state index contributed by atoms with van der Waals surface area (Å²) in [6, 6.07) is 5.36. The fourth-order valence-electron chi connectivity index (χ4n) is 2.71. The minimum Gasteiger partial charge on any atom is -0.486 e. The number of nitrogens with zero attached hydrogens (tertiary/aromatic N) is 1. The highest BCUT2D eigenvalue weighted by Gasteiger charge is 2.20. The number of likely N-dealkylation sites (tertiary alicyclic amines) is 1. The average Bonchev–Trinajstić information content (AvgIpc) is 2.59. The Hall–Kier alpha value is -1.27. The minimum absolute atomic E-state index is 0.0692. The molecule has 0 aromatic heterocycles. The van der Waals surface area contributed by atoms with Crippen LogP contribution < -0.4 is 9.47 Å². The van der Waals surface area contributed by atoms with Crippen molar-refractivity contribution in [1.29, 1.82) is 0 Å². The Balaban J connectivity index is 1.54. The Morgan fingerprint density at radius 1 is 1.26 bits per heavy atom. The molecule has 0 atom stereocenters. The van der Waals surface area contributed by atoms with Crippen molar-refractivity contribution in [3.8, 4) is 11.5 Å². The first-order valence-corrected chi connectivity index (χ1v) is 9.37. The highest BCUT2D eigenvalue weighted by Crippen LogP contribution is 2.31. The first-order valence-electron chi connectivity index (χ1n) is 7.98. The molecule has 0 bridgehead atoms. The zero-order valence-corrected chi connectivity index (χ0v) is 14.9. The standard InChI is InChI=1S/C17H21NO3S2/c1-12-4-6-18(7-5-12)17(22)23-11-14(19)13-2-3-15-16(10-13)21-9-8-20-15/h2-3,10,12H,4-9,11H2,1H3. The Morgan fingerprint density at radius 3 is 2.70 bits per heavy atom. The first-order chi connectivity index (χ1) is 11.1. The maximum atomic E-state index is 12.4. The molecule has 0 N–H and O–H groups in total. The number of rotatable bonds is 3. The predicted molar refractivity (Wildman–Crippen MR) is 96.8 cm³/mol. The van der Waals surface area contributed by atoms with Gasteiger partial charge in [-0.1, -0.05) is 30.9 Å². The number of ether oxygens (including phenoxy) is 2. The summed E-state index contributed by atoms with van der Waals surface area (Å²) in [5.41, 5.74) is 0.650. The van der Waals surface area contributed by atoms with Crippen molar-refractivity contribution in [3.05, 3.63) is 23.8 Å². The van der Waals surface area contributed by atoms with Crippen molar-refractivity contribution >= 4 is 34.1 Å². The fraction of sp³-hybridized carbons (Fsp3) is 0.529. The number of benzene rings is 1. The summed E-state index contributed by atoms with van der Waals surface area (Å²) in [4.78, 5) is 14.6. The second-order valence-electron chi connectivity index (χ2n) is 6.01. The van der Waals surface area contributed by atoms with E-state index in [1.165, 1.54) is 24.6 Å². The molecule has 1 saturated heterocycles. The van der Waals surface area contributed by atoms with Gasteiger partial charge in [0.1, 0.15) is 17.5 Å². The zero-order chi connectivity index (χ0) is 16.2. The molecule has 0 saturated carbocycles. The summed E-state index contributed by atoms with van der Waals surface area (Å²) >= 11 is 6.93. The molecule has 0 aliphatic carbocycles. The smallest absolute Gasteiger partial charge is 0.173 e. The van der Waals surface area contributed by atoms with E-state index in [0.29, 0.717) is 36.0 Å². The van der Waals surface area contributed by atoms with Gasteiger partial charge < -0.3 is 14.4 Å². The van der Waals surface area contributed by atoms with Crippen LogP contribution in [0.15, 0.2) is 18.2 Å². The third-order valence-electron chi connectivity index (χ3n) is 4.23. The lowest BCUT2D eigenvalue weighted by Gasteiger charge is -2.31. The van der Waals surface area contributed by atoms with Crippen molar-refractivity contribution in [1.82, 2.24) is 4.90 Å². The molecule has 124 valence electrons. The molecule has 2 aliphatic heterocycles. The molecule has 23 heavy (non-hydrogen) atoms. The fourth-order valence-corrected chi connectivity index (χ4v) is 3.86. The van der Waals surface area contributed by atoms with Gasteiger partial charge >= 0.3 is 0 Å². The number of ketones is 1. The normalized spacial score (nSPS) is 17.9. The van der Waals surface area contributed by atoms with Crippen molar-refractivity contribution in [2.24, 2.45) is 5.92 Å². The summed E-state index contributed by atoms with van der Waals surface area (Å²) in [6.07, 6.45) is 2.35. The number of fused-ring (bicyclic) bond motifs is 1. The highest BCUT2D eigenvalue weighted by molar-refractivity contribution is 8.23. The van der Waals surface area contributed by atoms with Gasteiger partial charge in [0.15, 0.2) is 17.3 Å². The monoisotopic (exact) mass is 351 g/mol. The van der Waals surface area contributed by atoms with E-state index in [1.54, 1.807) is 18.2 Å². The first kappa shape index (κ1) is 16.6. The van der Waals surface area contributed by atoms with Crippen LogP contribution in [0.4, 0.5) is 0 Å². The van der Waals surface area contributed by atoms with Crippen molar-refractivity contribution < 1.29 is 14.3 Å². The van der Waals surface area contributed by atoms with Gasteiger partial charge in [-0.3, -0.25) is 4.79 Å². The van der Waals surface area contributed by atoms with Gasteiger partial charge in [-0.15, -0.1) is 0 Å². The van der Waals surface area contributed by atoms with Crippen molar-refractivity contribution in [2.45, 2.75) is 19.8 Å². The van der Waals surface area contributed by atoms with Crippen LogP contribution in [0.1, 0.15) is 30.1 Å². The lowest BCUT2D eigenvalue weighted by molar-refractivity contribution is 0.102. The second-order valence-corrected chi connectivity index (χ2v) is 7.61. The SMILES string of the molecule is CC1CCN(C(=S)SCC(=O)c2ccc3c(c2)OCCO3)CC1. The van der Waals surface area contributed by atoms with Gasteiger partial charge in [0.25, 0.3) is 0 Å². The molecule has 4 nitrogen and oxygen atoms in total. The van der Waals surface area contributed by atoms with E-state index in [0.717, 1.165) is 23.3 Å². The van der Waals surface area contributed by atoms with E-state index in [9.17, 15) is 4.79 Å². The molecule has 1 aromatic rings. The topological polar surface area (TPSA) is 38.8 Å². The van der Waals surface area contributed by atoms with E-state index in [4.69, 9.17) is 21.7 Å². The van der Waals surface area contributed by atoms with E-state index in [-0.39, 0.29) is 5.78 Å². The largest absolute Gasteiger partial charge is 0.486 e. The zero-order valence-electron chi connectivity index (χ0n) is 13.2. The van der Waals surface area contributed by atoms with Gasteiger partial charge in [-0.05, 0) is 37.0 Å². The van der Waals surface area contributed by atoms with Gasteiger partial charge in [-0.2, -0.15) is 0 Å². The van der Waals surface area contributed by atoms with Gasteiger partial charge in [-0.25, -0.2) is 0 Å². The molecule has 2 aliphatic rings. The average molecular weight is 351 g/mol. The Bertz CT molecular complexity index is 598. The van der Waals surface area contributed by atoms with Crippen LogP contribution in [0.3, 0.4) is 0 Å². The van der Waals surface area contributed by atoms with Gasteiger partial charge in [0.2, 0.25) is 0 Å².